The minimum atomic E-state index is -0.123. The molecule has 0 saturated carbocycles. The summed E-state index contributed by atoms with van der Waals surface area (Å²) in [6.07, 6.45) is 0. The van der Waals surface area contributed by atoms with Crippen molar-refractivity contribution >= 4 is 28.9 Å². The zero-order valence-electron chi connectivity index (χ0n) is 16.9. The van der Waals surface area contributed by atoms with Crippen LogP contribution in [0, 0.1) is 13.8 Å². The van der Waals surface area contributed by atoms with Crippen LogP contribution in [0.2, 0.25) is 0 Å². The predicted octanol–water partition coefficient (Wildman–Crippen LogP) is 4.63. The third-order valence-corrected chi connectivity index (χ3v) is 4.70. The third-order valence-electron chi connectivity index (χ3n) is 4.70. The molecule has 0 fully saturated rings. The molecule has 0 aliphatic heterocycles. The van der Waals surface area contributed by atoms with Crippen LogP contribution < -0.4 is 15.5 Å². The van der Waals surface area contributed by atoms with Crippen molar-refractivity contribution in [2.24, 2.45) is 0 Å². The Kier molecular flexibility index (Phi) is 6.29. The second-order valence-corrected chi connectivity index (χ2v) is 7.00. The zero-order valence-corrected chi connectivity index (χ0v) is 16.9. The molecule has 2 N–H and O–H groups in total. The van der Waals surface area contributed by atoms with Crippen LogP contribution in [0.25, 0.3) is 0 Å². The molecule has 0 radical (unpaired) electrons. The first kappa shape index (κ1) is 20.1. The van der Waals surface area contributed by atoms with Crippen molar-refractivity contribution in [1.82, 2.24) is 0 Å². The number of nitrogens with zero attached hydrogens (tertiary/aromatic N) is 1. The Morgan fingerprint density at radius 1 is 0.897 bits per heavy atom. The normalized spacial score (nSPS) is 10.3. The summed E-state index contributed by atoms with van der Waals surface area (Å²) in [5, 5.41) is 6.01. The topological polar surface area (TPSA) is 61.4 Å². The number of aryl methyl sites for hydroxylation is 2. The molecule has 3 rings (SSSR count). The standard InChI is InChI=1S/C24H25N3O2/c1-17-9-10-18(2)22(15-17)26-23(28)16-25-20-13-11-19(12-14-20)24(29)27(3)21-7-5-4-6-8-21/h4-15,25H,16H2,1-3H3,(H,26,28). The summed E-state index contributed by atoms with van der Waals surface area (Å²) in [4.78, 5) is 26.5. The van der Waals surface area contributed by atoms with Gasteiger partial charge in [0, 0.05) is 29.7 Å². The smallest absolute Gasteiger partial charge is 0.258 e. The lowest BCUT2D eigenvalue weighted by Crippen LogP contribution is -2.26. The average Bonchev–Trinajstić information content (AvgIpc) is 2.75. The third kappa shape index (κ3) is 5.23. The van der Waals surface area contributed by atoms with Crippen molar-refractivity contribution < 1.29 is 9.59 Å². The lowest BCUT2D eigenvalue weighted by molar-refractivity contribution is -0.114. The van der Waals surface area contributed by atoms with E-state index in [1.807, 2.05) is 62.4 Å². The van der Waals surface area contributed by atoms with Crippen LogP contribution in [-0.4, -0.2) is 25.4 Å². The van der Waals surface area contributed by atoms with Crippen molar-refractivity contribution in [2.75, 3.05) is 29.1 Å². The van der Waals surface area contributed by atoms with Crippen LogP contribution in [-0.2, 0) is 4.79 Å². The van der Waals surface area contributed by atoms with E-state index in [0.29, 0.717) is 5.56 Å². The van der Waals surface area contributed by atoms with Gasteiger partial charge in [-0.1, -0.05) is 30.3 Å². The van der Waals surface area contributed by atoms with Gasteiger partial charge in [0.05, 0.1) is 6.54 Å². The number of carbonyl (C=O) groups excluding carboxylic acids is 2. The van der Waals surface area contributed by atoms with Crippen LogP contribution in [0.5, 0.6) is 0 Å². The van der Waals surface area contributed by atoms with E-state index in [9.17, 15) is 9.59 Å². The maximum atomic E-state index is 12.6. The summed E-state index contributed by atoms with van der Waals surface area (Å²) < 4.78 is 0. The van der Waals surface area contributed by atoms with Gasteiger partial charge >= 0.3 is 0 Å². The molecule has 148 valence electrons. The fourth-order valence-electron chi connectivity index (χ4n) is 2.94. The molecule has 0 atom stereocenters. The van der Waals surface area contributed by atoms with E-state index in [4.69, 9.17) is 0 Å². The molecule has 29 heavy (non-hydrogen) atoms. The van der Waals surface area contributed by atoms with Gasteiger partial charge < -0.3 is 15.5 Å². The second kappa shape index (κ2) is 9.06. The number of rotatable bonds is 6. The predicted molar refractivity (Wildman–Crippen MR) is 119 cm³/mol. The number of hydrogen-bond donors (Lipinski definition) is 2. The quantitative estimate of drug-likeness (QED) is 0.648. The van der Waals surface area contributed by atoms with Crippen molar-refractivity contribution in [3.63, 3.8) is 0 Å². The van der Waals surface area contributed by atoms with E-state index < -0.39 is 0 Å². The summed E-state index contributed by atoms with van der Waals surface area (Å²) in [5.74, 6) is -0.210. The lowest BCUT2D eigenvalue weighted by Gasteiger charge is -2.17. The van der Waals surface area contributed by atoms with Gasteiger partial charge in [-0.3, -0.25) is 9.59 Å². The van der Waals surface area contributed by atoms with Gasteiger partial charge in [0.25, 0.3) is 5.91 Å². The highest BCUT2D eigenvalue weighted by Gasteiger charge is 2.13. The van der Waals surface area contributed by atoms with E-state index in [0.717, 1.165) is 28.2 Å². The highest BCUT2D eigenvalue weighted by atomic mass is 16.2. The maximum Gasteiger partial charge on any atom is 0.258 e. The minimum absolute atomic E-state index is 0.0876. The van der Waals surface area contributed by atoms with Gasteiger partial charge in [-0.25, -0.2) is 0 Å². The summed E-state index contributed by atoms with van der Waals surface area (Å²) >= 11 is 0. The molecule has 3 aromatic carbocycles. The molecule has 0 bridgehead atoms. The number of carbonyl (C=O) groups is 2. The fraction of sp³-hybridized carbons (Fsp3) is 0.167. The molecule has 0 spiro atoms. The van der Waals surface area contributed by atoms with Crippen molar-refractivity contribution in [1.29, 1.82) is 0 Å². The molecular weight excluding hydrogens is 362 g/mol. The zero-order chi connectivity index (χ0) is 20.8. The first-order valence-corrected chi connectivity index (χ1v) is 9.48. The summed E-state index contributed by atoms with van der Waals surface area (Å²) in [7, 11) is 1.75. The van der Waals surface area contributed by atoms with E-state index in [2.05, 4.69) is 10.6 Å². The molecule has 0 saturated heterocycles. The molecule has 0 heterocycles. The molecule has 0 aliphatic carbocycles. The Morgan fingerprint density at radius 2 is 1.59 bits per heavy atom. The monoisotopic (exact) mass is 387 g/mol. The van der Waals surface area contributed by atoms with Gasteiger partial charge in [-0.2, -0.15) is 0 Å². The van der Waals surface area contributed by atoms with Gasteiger partial charge in [0.1, 0.15) is 0 Å². The lowest BCUT2D eigenvalue weighted by atomic mass is 10.1. The van der Waals surface area contributed by atoms with Gasteiger partial charge in [-0.15, -0.1) is 0 Å². The highest BCUT2D eigenvalue weighted by Crippen LogP contribution is 2.18. The van der Waals surface area contributed by atoms with Crippen molar-refractivity contribution in [3.8, 4) is 0 Å². The number of nitrogens with one attached hydrogen (secondary N) is 2. The first-order chi connectivity index (χ1) is 13.9. The minimum Gasteiger partial charge on any atom is -0.376 e. The van der Waals surface area contributed by atoms with E-state index in [-0.39, 0.29) is 18.4 Å². The highest BCUT2D eigenvalue weighted by molar-refractivity contribution is 6.05. The van der Waals surface area contributed by atoms with E-state index in [1.54, 1.807) is 36.2 Å². The van der Waals surface area contributed by atoms with Gasteiger partial charge in [0.15, 0.2) is 0 Å². The molecule has 0 aromatic heterocycles. The van der Waals surface area contributed by atoms with Crippen molar-refractivity contribution in [3.05, 3.63) is 89.5 Å². The van der Waals surface area contributed by atoms with Gasteiger partial charge in [0.2, 0.25) is 5.91 Å². The fourth-order valence-corrected chi connectivity index (χ4v) is 2.94. The number of hydrogen-bond acceptors (Lipinski definition) is 3. The first-order valence-electron chi connectivity index (χ1n) is 9.48. The van der Waals surface area contributed by atoms with Crippen LogP contribution in [0.4, 0.5) is 17.1 Å². The second-order valence-electron chi connectivity index (χ2n) is 7.00. The van der Waals surface area contributed by atoms with Crippen LogP contribution in [0.15, 0.2) is 72.8 Å². The summed E-state index contributed by atoms with van der Waals surface area (Å²) in [6.45, 7) is 4.10. The molecular formula is C24H25N3O2. The summed E-state index contributed by atoms with van der Waals surface area (Å²) in [6, 6.07) is 22.6. The maximum absolute atomic E-state index is 12.6. The Hall–Kier alpha value is -3.60. The number of amides is 2. The molecule has 0 unspecified atom stereocenters. The number of anilines is 3. The molecule has 3 aromatic rings. The molecule has 2 amide bonds. The number of benzene rings is 3. The molecule has 5 nitrogen and oxygen atoms in total. The van der Waals surface area contributed by atoms with Crippen LogP contribution in [0.3, 0.4) is 0 Å². The van der Waals surface area contributed by atoms with E-state index >= 15 is 0 Å². The Balaban J connectivity index is 1.57. The van der Waals surface area contributed by atoms with Crippen LogP contribution >= 0.6 is 0 Å². The average molecular weight is 387 g/mol. The Morgan fingerprint density at radius 3 is 2.28 bits per heavy atom. The SMILES string of the molecule is Cc1ccc(C)c(NC(=O)CNc2ccc(C(=O)N(C)c3ccccc3)cc2)c1. The van der Waals surface area contributed by atoms with Gasteiger partial charge in [-0.05, 0) is 67.4 Å². The van der Waals surface area contributed by atoms with Crippen LogP contribution in [0.1, 0.15) is 21.5 Å². The van der Waals surface area contributed by atoms with Crippen molar-refractivity contribution in [2.45, 2.75) is 13.8 Å². The number of para-hydroxylation sites is 1. The molecule has 5 heteroatoms. The largest absolute Gasteiger partial charge is 0.376 e. The Labute approximate surface area is 171 Å². The Bertz CT molecular complexity index is 998. The molecule has 0 aliphatic rings. The van der Waals surface area contributed by atoms with E-state index in [1.165, 1.54) is 0 Å². The summed E-state index contributed by atoms with van der Waals surface area (Å²) in [5.41, 5.74) is 5.14.